The monoisotopic (exact) mass is 363 g/mol. The Bertz CT molecular complexity index is 765. The lowest BCUT2D eigenvalue weighted by Gasteiger charge is -2.10. The Labute approximate surface area is 122 Å². The summed E-state index contributed by atoms with van der Waals surface area (Å²) in [4.78, 5) is -0.239. The van der Waals surface area contributed by atoms with Gasteiger partial charge in [-0.05, 0) is 34.1 Å². The smallest absolute Gasteiger partial charge is 0.262 e. The molecule has 0 aliphatic rings. The summed E-state index contributed by atoms with van der Waals surface area (Å²) in [6.45, 7) is 0. The van der Waals surface area contributed by atoms with Gasteiger partial charge in [-0.3, -0.25) is 4.72 Å². The molecule has 0 heterocycles. The number of sulfonamides is 1. The van der Waals surface area contributed by atoms with Crippen molar-refractivity contribution in [3.05, 3.63) is 52.5 Å². The molecule has 0 saturated carbocycles. The van der Waals surface area contributed by atoms with Crippen molar-refractivity contribution in [1.82, 2.24) is 0 Å². The Balaban J connectivity index is 2.41. The van der Waals surface area contributed by atoms with Crippen LogP contribution in [0.3, 0.4) is 0 Å². The second-order valence-corrected chi connectivity index (χ2v) is 6.39. The summed E-state index contributed by atoms with van der Waals surface area (Å²) in [5.41, 5.74) is -0.401. The fraction of sp³-hybridized carbons (Fsp3) is 0. The van der Waals surface area contributed by atoms with Gasteiger partial charge in [0.05, 0.1) is 15.1 Å². The van der Waals surface area contributed by atoms with Crippen LogP contribution in [0.4, 0.5) is 14.5 Å². The molecule has 0 saturated heterocycles. The van der Waals surface area contributed by atoms with Crippen molar-refractivity contribution in [2.45, 2.75) is 4.90 Å². The summed E-state index contributed by atoms with van der Waals surface area (Å²) in [6.07, 6.45) is 0. The van der Waals surface area contributed by atoms with Gasteiger partial charge < -0.3 is 5.11 Å². The molecule has 0 amide bonds. The molecule has 0 aromatic heterocycles. The summed E-state index contributed by atoms with van der Waals surface area (Å²) in [7, 11) is -4.08. The van der Waals surface area contributed by atoms with Crippen LogP contribution in [0.15, 0.2) is 45.8 Å². The summed E-state index contributed by atoms with van der Waals surface area (Å²) < 4.78 is 52.5. The van der Waals surface area contributed by atoms with Gasteiger partial charge in [-0.25, -0.2) is 17.2 Å². The number of benzene rings is 2. The van der Waals surface area contributed by atoms with E-state index in [0.717, 1.165) is 12.1 Å². The lowest BCUT2D eigenvalue weighted by molar-refractivity contribution is 0.473. The number of phenols is 1. The average molecular weight is 364 g/mol. The molecule has 2 rings (SSSR count). The number of halogens is 3. The van der Waals surface area contributed by atoms with Crippen LogP contribution in [0.25, 0.3) is 0 Å². The Kier molecular flexibility index (Phi) is 3.96. The van der Waals surface area contributed by atoms with Crippen molar-refractivity contribution in [1.29, 1.82) is 0 Å². The molecule has 0 atom stereocenters. The molecule has 106 valence electrons. The van der Waals surface area contributed by atoms with Crippen molar-refractivity contribution in [2.24, 2.45) is 0 Å². The standard InChI is InChI=1S/C12H8BrF2NO3S/c13-9-5-12(11(15)6-10(9)14)16-20(18,19)8-3-1-2-7(17)4-8/h1-6,16-17H. The van der Waals surface area contributed by atoms with Gasteiger partial charge >= 0.3 is 0 Å². The molecule has 8 heteroatoms. The molecule has 0 spiro atoms. The molecule has 4 nitrogen and oxygen atoms in total. The lowest BCUT2D eigenvalue weighted by atomic mass is 10.3. The zero-order chi connectivity index (χ0) is 14.9. The largest absolute Gasteiger partial charge is 0.508 e. The van der Waals surface area contributed by atoms with Gasteiger partial charge in [-0.1, -0.05) is 6.07 Å². The maximum atomic E-state index is 13.5. The first-order valence-electron chi connectivity index (χ1n) is 5.26. The van der Waals surface area contributed by atoms with Crippen LogP contribution in [0, 0.1) is 11.6 Å². The van der Waals surface area contributed by atoms with Crippen molar-refractivity contribution >= 4 is 31.6 Å². The van der Waals surface area contributed by atoms with Crippen LogP contribution in [-0.2, 0) is 10.0 Å². The second kappa shape index (κ2) is 5.37. The molecule has 0 aliphatic heterocycles. The fourth-order valence-corrected chi connectivity index (χ4v) is 2.90. The first-order valence-corrected chi connectivity index (χ1v) is 7.53. The number of nitrogens with one attached hydrogen (secondary N) is 1. The molecule has 20 heavy (non-hydrogen) atoms. The normalized spacial score (nSPS) is 11.3. The highest BCUT2D eigenvalue weighted by atomic mass is 79.9. The molecular formula is C12H8BrF2NO3S. The Hall–Kier alpha value is -1.67. The molecular weight excluding hydrogens is 356 g/mol. The van der Waals surface area contributed by atoms with E-state index in [4.69, 9.17) is 0 Å². The van der Waals surface area contributed by atoms with E-state index < -0.39 is 27.3 Å². The van der Waals surface area contributed by atoms with Gasteiger partial charge in [-0.15, -0.1) is 0 Å². The molecule has 2 aromatic rings. The van der Waals surface area contributed by atoms with Crippen LogP contribution in [0.5, 0.6) is 5.75 Å². The minimum Gasteiger partial charge on any atom is -0.508 e. The minimum atomic E-state index is -4.08. The summed E-state index contributed by atoms with van der Waals surface area (Å²) in [5.74, 6) is -2.13. The molecule has 0 radical (unpaired) electrons. The van der Waals surface area contributed by atoms with Crippen LogP contribution in [-0.4, -0.2) is 13.5 Å². The van der Waals surface area contributed by atoms with E-state index in [1.807, 2.05) is 4.72 Å². The van der Waals surface area contributed by atoms with E-state index in [1.54, 1.807) is 0 Å². The van der Waals surface area contributed by atoms with Crippen LogP contribution in [0.2, 0.25) is 0 Å². The molecule has 2 N–H and O–H groups in total. The number of anilines is 1. The predicted octanol–water partition coefficient (Wildman–Crippen LogP) is 3.23. The third-order valence-electron chi connectivity index (χ3n) is 2.38. The molecule has 2 aromatic carbocycles. The van der Waals surface area contributed by atoms with Gasteiger partial charge in [0.15, 0.2) is 0 Å². The maximum absolute atomic E-state index is 13.5. The fourth-order valence-electron chi connectivity index (χ4n) is 1.46. The number of hydrogen-bond donors (Lipinski definition) is 2. The van der Waals surface area contributed by atoms with Crippen molar-refractivity contribution < 1.29 is 22.3 Å². The van der Waals surface area contributed by atoms with E-state index in [0.29, 0.717) is 6.07 Å². The number of rotatable bonds is 3. The van der Waals surface area contributed by atoms with Gasteiger partial charge in [0, 0.05) is 12.1 Å². The highest BCUT2D eigenvalue weighted by Crippen LogP contribution is 2.26. The van der Waals surface area contributed by atoms with E-state index in [2.05, 4.69) is 15.9 Å². The highest BCUT2D eigenvalue weighted by Gasteiger charge is 2.18. The summed E-state index contributed by atoms with van der Waals surface area (Å²) in [5, 5.41) is 9.25. The van der Waals surface area contributed by atoms with E-state index in [9.17, 15) is 22.3 Å². The van der Waals surface area contributed by atoms with Gasteiger partial charge in [0.1, 0.15) is 17.4 Å². The van der Waals surface area contributed by atoms with E-state index in [1.165, 1.54) is 18.2 Å². The number of phenolic OH excluding ortho intramolecular Hbond substituents is 1. The third-order valence-corrected chi connectivity index (χ3v) is 4.35. The molecule has 0 aliphatic carbocycles. The van der Waals surface area contributed by atoms with Gasteiger partial charge in [-0.2, -0.15) is 0 Å². The first-order chi connectivity index (χ1) is 9.29. The highest BCUT2D eigenvalue weighted by molar-refractivity contribution is 9.10. The Morgan fingerprint density at radius 2 is 1.80 bits per heavy atom. The quantitative estimate of drug-likeness (QED) is 0.822. The van der Waals surface area contributed by atoms with Crippen LogP contribution in [0.1, 0.15) is 0 Å². The van der Waals surface area contributed by atoms with E-state index >= 15 is 0 Å². The molecule has 0 bridgehead atoms. The van der Waals surface area contributed by atoms with Crippen molar-refractivity contribution in [3.63, 3.8) is 0 Å². The lowest BCUT2D eigenvalue weighted by Crippen LogP contribution is -2.14. The molecule has 0 unspecified atom stereocenters. The summed E-state index contributed by atoms with van der Waals surface area (Å²) >= 11 is 2.84. The van der Waals surface area contributed by atoms with Gasteiger partial charge in [0.25, 0.3) is 10.0 Å². The van der Waals surface area contributed by atoms with Crippen molar-refractivity contribution in [2.75, 3.05) is 4.72 Å². The number of aromatic hydroxyl groups is 1. The van der Waals surface area contributed by atoms with Crippen LogP contribution < -0.4 is 4.72 Å². The van der Waals surface area contributed by atoms with E-state index in [-0.39, 0.29) is 15.1 Å². The first kappa shape index (κ1) is 14.7. The minimum absolute atomic E-state index is 0.0764. The number of hydrogen-bond acceptors (Lipinski definition) is 3. The summed E-state index contributed by atoms with van der Waals surface area (Å²) in [6, 6.07) is 6.42. The Morgan fingerprint density at radius 1 is 1.10 bits per heavy atom. The van der Waals surface area contributed by atoms with Crippen LogP contribution >= 0.6 is 15.9 Å². The zero-order valence-corrected chi connectivity index (χ0v) is 12.2. The molecule has 0 fully saturated rings. The average Bonchev–Trinajstić information content (AvgIpc) is 2.36. The topological polar surface area (TPSA) is 66.4 Å². The predicted molar refractivity (Wildman–Crippen MR) is 73.0 cm³/mol. The third kappa shape index (κ3) is 3.07. The van der Waals surface area contributed by atoms with Crippen molar-refractivity contribution in [3.8, 4) is 5.75 Å². The van der Waals surface area contributed by atoms with Gasteiger partial charge in [0.2, 0.25) is 0 Å². The maximum Gasteiger partial charge on any atom is 0.262 e. The SMILES string of the molecule is O=S(=O)(Nc1cc(Br)c(F)cc1F)c1cccc(O)c1. The second-order valence-electron chi connectivity index (χ2n) is 3.85. The zero-order valence-electron chi connectivity index (χ0n) is 9.77. The Morgan fingerprint density at radius 3 is 2.45 bits per heavy atom.